The van der Waals surface area contributed by atoms with Crippen molar-refractivity contribution >= 4 is 17.7 Å². The zero-order chi connectivity index (χ0) is 20.1. The SMILES string of the molecule is CCCCCCCC(=O)N[C@H](CC(N)=O)C(O)C(=O)NCc1ccccc1. The van der Waals surface area contributed by atoms with Crippen molar-refractivity contribution in [1.29, 1.82) is 0 Å². The van der Waals surface area contributed by atoms with Gasteiger partial charge in [-0.25, -0.2) is 0 Å². The Morgan fingerprint density at radius 2 is 1.74 bits per heavy atom. The Kier molecular flexibility index (Phi) is 10.8. The highest BCUT2D eigenvalue weighted by Crippen LogP contribution is 2.07. The van der Waals surface area contributed by atoms with Crippen LogP contribution < -0.4 is 16.4 Å². The normalized spacial score (nSPS) is 12.8. The second-order valence-corrected chi connectivity index (χ2v) is 6.66. The number of aliphatic hydroxyl groups excluding tert-OH is 1. The molecule has 0 heterocycles. The molecule has 1 aromatic rings. The monoisotopic (exact) mass is 377 g/mol. The number of hydrogen-bond donors (Lipinski definition) is 4. The Morgan fingerprint density at radius 3 is 2.37 bits per heavy atom. The average molecular weight is 377 g/mol. The van der Waals surface area contributed by atoms with Gasteiger partial charge in [0.1, 0.15) is 0 Å². The van der Waals surface area contributed by atoms with Gasteiger partial charge in [-0.3, -0.25) is 14.4 Å². The summed E-state index contributed by atoms with van der Waals surface area (Å²) < 4.78 is 0. The van der Waals surface area contributed by atoms with E-state index in [2.05, 4.69) is 17.6 Å². The van der Waals surface area contributed by atoms with E-state index in [1.165, 1.54) is 0 Å². The highest BCUT2D eigenvalue weighted by Gasteiger charge is 2.28. The maximum absolute atomic E-state index is 12.2. The zero-order valence-electron chi connectivity index (χ0n) is 15.9. The van der Waals surface area contributed by atoms with Crippen LogP contribution in [-0.4, -0.2) is 35.0 Å². The van der Waals surface area contributed by atoms with Gasteiger partial charge in [-0.1, -0.05) is 62.9 Å². The molecule has 0 saturated carbocycles. The van der Waals surface area contributed by atoms with Gasteiger partial charge in [-0.15, -0.1) is 0 Å². The smallest absolute Gasteiger partial charge is 0.251 e. The first kappa shape index (κ1) is 22.6. The third kappa shape index (κ3) is 9.75. The van der Waals surface area contributed by atoms with Crippen LogP contribution in [0.2, 0.25) is 0 Å². The summed E-state index contributed by atoms with van der Waals surface area (Å²) in [5.41, 5.74) is 6.07. The van der Waals surface area contributed by atoms with Crippen molar-refractivity contribution in [3.63, 3.8) is 0 Å². The molecule has 2 atom stereocenters. The molecule has 7 heteroatoms. The molecule has 3 amide bonds. The van der Waals surface area contributed by atoms with Gasteiger partial charge in [0.05, 0.1) is 6.04 Å². The summed E-state index contributed by atoms with van der Waals surface area (Å²) in [5, 5.41) is 15.4. The van der Waals surface area contributed by atoms with Gasteiger partial charge in [0, 0.05) is 19.4 Å². The highest BCUT2D eigenvalue weighted by atomic mass is 16.3. The molecule has 7 nitrogen and oxygen atoms in total. The maximum atomic E-state index is 12.2. The number of benzene rings is 1. The second kappa shape index (κ2) is 12.9. The molecule has 1 rings (SSSR count). The fourth-order valence-electron chi connectivity index (χ4n) is 2.70. The number of nitrogens with two attached hydrogens (primary N) is 1. The van der Waals surface area contributed by atoms with E-state index in [0.29, 0.717) is 0 Å². The molecule has 0 radical (unpaired) electrons. The third-order valence-electron chi connectivity index (χ3n) is 4.23. The van der Waals surface area contributed by atoms with E-state index in [0.717, 1.165) is 37.7 Å². The number of carbonyl (C=O) groups excluding carboxylic acids is 3. The summed E-state index contributed by atoms with van der Waals surface area (Å²) in [7, 11) is 0. The molecule has 0 aliphatic heterocycles. The van der Waals surface area contributed by atoms with E-state index in [-0.39, 0.29) is 25.3 Å². The summed E-state index contributed by atoms with van der Waals surface area (Å²) in [5.74, 6) is -1.65. The first-order chi connectivity index (χ1) is 12.9. The molecule has 0 aromatic heterocycles. The second-order valence-electron chi connectivity index (χ2n) is 6.66. The summed E-state index contributed by atoms with van der Waals surface area (Å²) in [6, 6.07) is 8.19. The molecule has 27 heavy (non-hydrogen) atoms. The fraction of sp³-hybridized carbons (Fsp3) is 0.550. The number of amides is 3. The topological polar surface area (TPSA) is 122 Å². The van der Waals surface area contributed by atoms with Gasteiger partial charge in [-0.2, -0.15) is 0 Å². The molecule has 5 N–H and O–H groups in total. The summed E-state index contributed by atoms with van der Waals surface area (Å²) in [6.07, 6.45) is 3.43. The van der Waals surface area contributed by atoms with Crippen LogP contribution in [0.3, 0.4) is 0 Å². The van der Waals surface area contributed by atoms with Crippen molar-refractivity contribution in [2.75, 3.05) is 0 Å². The zero-order valence-corrected chi connectivity index (χ0v) is 15.9. The molecule has 0 spiro atoms. The van der Waals surface area contributed by atoms with Crippen LogP contribution >= 0.6 is 0 Å². The molecule has 150 valence electrons. The van der Waals surface area contributed by atoms with Crippen LogP contribution in [0.15, 0.2) is 30.3 Å². The van der Waals surface area contributed by atoms with Crippen LogP contribution in [0.4, 0.5) is 0 Å². The van der Waals surface area contributed by atoms with Gasteiger partial charge in [0.2, 0.25) is 11.8 Å². The molecule has 0 saturated heterocycles. The number of rotatable bonds is 13. The lowest BCUT2D eigenvalue weighted by Crippen LogP contribution is -2.51. The Bertz CT molecular complexity index is 592. The molecule has 1 unspecified atom stereocenters. The Labute approximate surface area is 160 Å². The number of hydrogen-bond acceptors (Lipinski definition) is 4. The van der Waals surface area contributed by atoms with Crippen molar-refractivity contribution in [3.8, 4) is 0 Å². The summed E-state index contributed by atoms with van der Waals surface area (Å²) >= 11 is 0. The largest absolute Gasteiger partial charge is 0.381 e. The van der Waals surface area contributed by atoms with Gasteiger partial charge < -0.3 is 21.5 Å². The third-order valence-corrected chi connectivity index (χ3v) is 4.23. The molecule has 0 fully saturated rings. The highest BCUT2D eigenvalue weighted by molar-refractivity contribution is 5.85. The fourth-order valence-corrected chi connectivity index (χ4v) is 2.70. The van der Waals surface area contributed by atoms with Crippen molar-refractivity contribution in [2.45, 2.75) is 70.6 Å². The van der Waals surface area contributed by atoms with Crippen molar-refractivity contribution in [2.24, 2.45) is 5.73 Å². The Balaban J connectivity index is 2.51. The van der Waals surface area contributed by atoms with E-state index in [4.69, 9.17) is 5.73 Å². The van der Waals surface area contributed by atoms with Crippen molar-refractivity contribution < 1.29 is 19.5 Å². The predicted octanol–water partition coefficient (Wildman–Crippen LogP) is 1.38. The van der Waals surface area contributed by atoms with Gasteiger partial charge in [0.15, 0.2) is 6.10 Å². The molecule has 0 aliphatic carbocycles. The van der Waals surface area contributed by atoms with E-state index in [1.807, 2.05) is 30.3 Å². The lowest BCUT2D eigenvalue weighted by Gasteiger charge is -2.22. The molecule has 1 aromatic carbocycles. The summed E-state index contributed by atoms with van der Waals surface area (Å²) in [4.78, 5) is 35.5. The first-order valence-electron chi connectivity index (χ1n) is 9.51. The minimum atomic E-state index is -1.55. The Hall–Kier alpha value is -2.41. The molecular weight excluding hydrogens is 346 g/mol. The van der Waals surface area contributed by atoms with E-state index in [9.17, 15) is 19.5 Å². The quantitative estimate of drug-likeness (QED) is 0.388. The minimum Gasteiger partial charge on any atom is -0.381 e. The van der Waals surface area contributed by atoms with Gasteiger partial charge in [0.25, 0.3) is 5.91 Å². The van der Waals surface area contributed by atoms with Crippen LogP contribution in [-0.2, 0) is 20.9 Å². The standard InChI is InChI=1S/C20H31N3O4/c1-2-3-4-5-9-12-18(25)23-16(13-17(21)24)19(26)20(27)22-14-15-10-7-6-8-11-15/h6-8,10-11,16,19,26H,2-5,9,12-14H2,1H3,(H2,21,24)(H,22,27)(H,23,25)/t16-,19?/m1/s1. The van der Waals surface area contributed by atoms with Crippen LogP contribution in [0, 0.1) is 0 Å². The number of aliphatic hydroxyl groups is 1. The minimum absolute atomic E-state index is 0.241. The first-order valence-corrected chi connectivity index (χ1v) is 9.51. The van der Waals surface area contributed by atoms with Crippen LogP contribution in [0.25, 0.3) is 0 Å². The number of unbranched alkanes of at least 4 members (excludes halogenated alkanes) is 4. The van der Waals surface area contributed by atoms with E-state index >= 15 is 0 Å². The summed E-state index contributed by atoms with van der Waals surface area (Å²) in [6.45, 7) is 2.36. The van der Waals surface area contributed by atoms with Crippen LogP contribution in [0.1, 0.15) is 57.4 Å². The van der Waals surface area contributed by atoms with Gasteiger partial charge >= 0.3 is 0 Å². The van der Waals surface area contributed by atoms with Gasteiger partial charge in [-0.05, 0) is 12.0 Å². The maximum Gasteiger partial charge on any atom is 0.251 e. The predicted molar refractivity (Wildman–Crippen MR) is 103 cm³/mol. The van der Waals surface area contributed by atoms with Crippen molar-refractivity contribution in [3.05, 3.63) is 35.9 Å². The number of nitrogens with one attached hydrogen (secondary N) is 2. The molecule has 0 bridgehead atoms. The lowest BCUT2D eigenvalue weighted by atomic mass is 10.0. The van der Waals surface area contributed by atoms with Crippen LogP contribution in [0.5, 0.6) is 0 Å². The average Bonchev–Trinajstić information content (AvgIpc) is 2.65. The number of carbonyl (C=O) groups is 3. The number of primary amides is 1. The Morgan fingerprint density at radius 1 is 1.07 bits per heavy atom. The lowest BCUT2D eigenvalue weighted by molar-refractivity contribution is -0.133. The van der Waals surface area contributed by atoms with E-state index < -0.39 is 24.0 Å². The molecular formula is C20H31N3O4. The van der Waals surface area contributed by atoms with E-state index in [1.54, 1.807) is 0 Å². The molecule has 0 aliphatic rings. The van der Waals surface area contributed by atoms with Crippen molar-refractivity contribution in [1.82, 2.24) is 10.6 Å².